The number of para-hydroxylation sites is 1. The van der Waals surface area contributed by atoms with Gasteiger partial charge in [0.25, 0.3) is 0 Å². The molecule has 0 aliphatic carbocycles. The third kappa shape index (κ3) is 1.40. The van der Waals surface area contributed by atoms with E-state index in [1.165, 1.54) is 0 Å². The first-order valence-corrected chi connectivity index (χ1v) is 4.26. The average molecular weight is 184 g/mol. The van der Waals surface area contributed by atoms with Crippen molar-refractivity contribution in [2.75, 3.05) is 0 Å². The van der Waals surface area contributed by atoms with Crippen LogP contribution in [0, 0.1) is 12.3 Å². The number of benzene rings is 1. The minimum Gasteiger partial charge on any atom is -0.423 e. The maximum atomic E-state index is 11.4. The Morgan fingerprint density at radius 2 is 2.14 bits per heavy atom. The Kier molecular flexibility index (Phi) is 2.08. The Bertz CT molecular complexity index is 558. The van der Waals surface area contributed by atoms with Gasteiger partial charge in [-0.3, -0.25) is 0 Å². The van der Waals surface area contributed by atoms with Crippen LogP contribution in [0.3, 0.4) is 0 Å². The number of rotatable bonds is 1. The average Bonchev–Trinajstić information content (AvgIpc) is 2.19. The van der Waals surface area contributed by atoms with Gasteiger partial charge >= 0.3 is 5.63 Å². The van der Waals surface area contributed by atoms with E-state index in [-0.39, 0.29) is 5.63 Å². The molecule has 68 valence electrons. The van der Waals surface area contributed by atoms with E-state index >= 15 is 0 Å². The van der Waals surface area contributed by atoms with E-state index in [4.69, 9.17) is 10.8 Å². The van der Waals surface area contributed by atoms with Crippen LogP contribution in [-0.4, -0.2) is 0 Å². The lowest BCUT2D eigenvalue weighted by Gasteiger charge is -1.97. The number of hydrogen-bond donors (Lipinski definition) is 0. The van der Waals surface area contributed by atoms with Crippen molar-refractivity contribution in [2.45, 2.75) is 6.42 Å². The topological polar surface area (TPSA) is 30.2 Å². The third-order valence-electron chi connectivity index (χ3n) is 2.01. The fourth-order valence-electron chi connectivity index (χ4n) is 1.34. The van der Waals surface area contributed by atoms with Crippen LogP contribution in [0.4, 0.5) is 0 Å². The first kappa shape index (κ1) is 8.58. The van der Waals surface area contributed by atoms with Gasteiger partial charge < -0.3 is 4.42 Å². The second-order valence-corrected chi connectivity index (χ2v) is 2.98. The van der Waals surface area contributed by atoms with Gasteiger partial charge in [-0.15, -0.1) is 12.3 Å². The Morgan fingerprint density at radius 1 is 1.36 bits per heavy atom. The fraction of sp³-hybridized carbons (Fsp3) is 0.0833. The minimum absolute atomic E-state index is 0.313. The molecule has 0 radical (unpaired) electrons. The molecule has 2 heteroatoms. The summed E-state index contributed by atoms with van der Waals surface area (Å²) < 4.78 is 5.09. The molecule has 2 aromatic rings. The molecule has 0 saturated carbocycles. The standard InChI is InChI=1S/C12H8O2/c1-2-5-10-8-9-6-3-4-7-11(9)14-12(10)13/h1,3-4,6-8H,5H2. The van der Waals surface area contributed by atoms with Gasteiger partial charge in [0.05, 0.1) is 5.56 Å². The van der Waals surface area contributed by atoms with Gasteiger partial charge in [0, 0.05) is 11.8 Å². The molecule has 14 heavy (non-hydrogen) atoms. The van der Waals surface area contributed by atoms with Crippen LogP contribution in [-0.2, 0) is 6.42 Å². The first-order chi connectivity index (χ1) is 6.81. The normalized spacial score (nSPS) is 9.93. The van der Waals surface area contributed by atoms with Gasteiger partial charge in [0.1, 0.15) is 5.58 Å². The quantitative estimate of drug-likeness (QED) is 0.501. The predicted molar refractivity (Wildman–Crippen MR) is 55.0 cm³/mol. The highest BCUT2D eigenvalue weighted by Crippen LogP contribution is 2.12. The first-order valence-electron chi connectivity index (χ1n) is 4.26. The molecule has 2 nitrogen and oxygen atoms in total. The number of fused-ring (bicyclic) bond motifs is 1. The summed E-state index contributed by atoms with van der Waals surface area (Å²) in [5.41, 5.74) is 0.783. The van der Waals surface area contributed by atoms with Crippen molar-refractivity contribution in [2.24, 2.45) is 0 Å². The van der Waals surface area contributed by atoms with Crippen molar-refractivity contribution < 1.29 is 4.42 Å². The second-order valence-electron chi connectivity index (χ2n) is 2.98. The highest BCUT2D eigenvalue weighted by atomic mass is 16.4. The van der Waals surface area contributed by atoms with Crippen molar-refractivity contribution in [3.8, 4) is 12.3 Å². The van der Waals surface area contributed by atoms with Crippen LogP contribution in [0.25, 0.3) is 11.0 Å². The van der Waals surface area contributed by atoms with E-state index in [2.05, 4.69) is 5.92 Å². The van der Waals surface area contributed by atoms with Gasteiger partial charge in [-0.1, -0.05) is 18.2 Å². The van der Waals surface area contributed by atoms with E-state index in [1.54, 1.807) is 12.1 Å². The van der Waals surface area contributed by atoms with Crippen LogP contribution in [0.2, 0.25) is 0 Å². The molecule has 0 unspecified atom stereocenters. The maximum absolute atomic E-state index is 11.4. The summed E-state index contributed by atoms with van der Waals surface area (Å²) in [7, 11) is 0. The third-order valence-corrected chi connectivity index (χ3v) is 2.01. The summed E-state index contributed by atoms with van der Waals surface area (Å²) in [6.07, 6.45) is 5.46. The molecular weight excluding hydrogens is 176 g/mol. The lowest BCUT2D eigenvalue weighted by Crippen LogP contribution is -2.05. The molecule has 1 aromatic heterocycles. The molecule has 0 saturated heterocycles. The van der Waals surface area contributed by atoms with Gasteiger partial charge in [-0.2, -0.15) is 0 Å². The smallest absolute Gasteiger partial charge is 0.340 e. The van der Waals surface area contributed by atoms with Crippen LogP contribution < -0.4 is 5.63 Å². The summed E-state index contributed by atoms with van der Waals surface area (Å²) in [4.78, 5) is 11.4. The molecule has 0 amide bonds. The van der Waals surface area contributed by atoms with E-state index in [0.717, 1.165) is 5.39 Å². The maximum Gasteiger partial charge on any atom is 0.340 e. The van der Waals surface area contributed by atoms with Crippen molar-refractivity contribution in [3.63, 3.8) is 0 Å². The van der Waals surface area contributed by atoms with Crippen molar-refractivity contribution >= 4 is 11.0 Å². The van der Waals surface area contributed by atoms with Crippen LogP contribution in [0.1, 0.15) is 5.56 Å². The van der Waals surface area contributed by atoms with Crippen LogP contribution >= 0.6 is 0 Å². The van der Waals surface area contributed by atoms with E-state index in [9.17, 15) is 4.79 Å². The lowest BCUT2D eigenvalue weighted by atomic mass is 10.1. The summed E-state index contributed by atoms with van der Waals surface area (Å²) in [6.45, 7) is 0. The highest BCUT2D eigenvalue weighted by molar-refractivity contribution is 5.76. The summed E-state index contributed by atoms with van der Waals surface area (Å²) in [5.74, 6) is 2.43. The lowest BCUT2D eigenvalue weighted by molar-refractivity contribution is 0.553. The Balaban J connectivity index is 2.72. The molecule has 1 heterocycles. The molecule has 2 rings (SSSR count). The molecule has 0 N–H and O–H groups in total. The van der Waals surface area contributed by atoms with Crippen LogP contribution in [0.15, 0.2) is 39.5 Å². The number of hydrogen-bond acceptors (Lipinski definition) is 2. The van der Waals surface area contributed by atoms with Crippen molar-refractivity contribution in [1.82, 2.24) is 0 Å². The zero-order chi connectivity index (χ0) is 9.97. The Morgan fingerprint density at radius 3 is 2.93 bits per heavy atom. The second kappa shape index (κ2) is 3.39. The molecule has 0 spiro atoms. The summed E-state index contributed by atoms with van der Waals surface area (Å²) >= 11 is 0. The van der Waals surface area contributed by atoms with Gasteiger partial charge in [-0.05, 0) is 12.1 Å². The van der Waals surface area contributed by atoms with Crippen LogP contribution in [0.5, 0.6) is 0 Å². The molecule has 0 bridgehead atoms. The Labute approximate surface area is 81.2 Å². The molecule has 1 aromatic carbocycles. The van der Waals surface area contributed by atoms with E-state index in [1.807, 2.05) is 18.2 Å². The van der Waals surface area contributed by atoms with Crippen molar-refractivity contribution in [1.29, 1.82) is 0 Å². The zero-order valence-corrected chi connectivity index (χ0v) is 7.49. The van der Waals surface area contributed by atoms with Gasteiger partial charge in [-0.25, -0.2) is 4.79 Å². The van der Waals surface area contributed by atoms with Gasteiger partial charge in [0.2, 0.25) is 0 Å². The SMILES string of the molecule is C#CCc1cc2ccccc2oc1=O. The molecular formula is C12H8O2. The highest BCUT2D eigenvalue weighted by Gasteiger charge is 2.02. The minimum atomic E-state index is -0.346. The van der Waals surface area contributed by atoms with Gasteiger partial charge in [0.15, 0.2) is 0 Å². The zero-order valence-electron chi connectivity index (χ0n) is 7.49. The Hall–Kier alpha value is -2.01. The molecule has 0 atom stereocenters. The van der Waals surface area contributed by atoms with E-state index < -0.39 is 0 Å². The van der Waals surface area contributed by atoms with E-state index in [0.29, 0.717) is 17.6 Å². The summed E-state index contributed by atoms with van der Waals surface area (Å²) in [6, 6.07) is 9.14. The monoisotopic (exact) mass is 184 g/mol. The number of terminal acetylenes is 1. The molecule has 0 fully saturated rings. The molecule has 0 aliphatic heterocycles. The predicted octanol–water partition coefficient (Wildman–Crippen LogP) is 1.97. The molecule has 0 aliphatic rings. The van der Waals surface area contributed by atoms with Crippen molar-refractivity contribution in [3.05, 3.63) is 46.3 Å². The summed E-state index contributed by atoms with van der Waals surface area (Å²) in [5, 5.41) is 0.900. The fourth-order valence-corrected chi connectivity index (χ4v) is 1.34. The largest absolute Gasteiger partial charge is 0.423 e.